The summed E-state index contributed by atoms with van der Waals surface area (Å²) in [6.07, 6.45) is 2.16. The van der Waals surface area contributed by atoms with Gasteiger partial charge in [0.15, 0.2) is 5.82 Å². The Bertz CT molecular complexity index is 722. The molecule has 1 saturated heterocycles. The number of pyridine rings is 1. The van der Waals surface area contributed by atoms with Crippen LogP contribution in [0, 0.1) is 5.82 Å². The molecule has 1 aliphatic rings. The molecule has 0 unspecified atom stereocenters. The van der Waals surface area contributed by atoms with Crippen molar-refractivity contribution in [3.05, 3.63) is 59.7 Å². The van der Waals surface area contributed by atoms with E-state index in [4.69, 9.17) is 4.74 Å². The molecule has 1 fully saturated rings. The van der Waals surface area contributed by atoms with E-state index in [2.05, 4.69) is 4.98 Å². The van der Waals surface area contributed by atoms with E-state index in [1.165, 1.54) is 17.2 Å². The van der Waals surface area contributed by atoms with E-state index in [1.54, 1.807) is 7.11 Å². The van der Waals surface area contributed by atoms with Crippen molar-refractivity contribution >= 4 is 5.91 Å². The lowest BCUT2D eigenvalue weighted by atomic mass is 10.0. The van der Waals surface area contributed by atoms with Crippen molar-refractivity contribution in [2.75, 3.05) is 13.7 Å². The first-order chi connectivity index (χ1) is 11.1. The minimum absolute atomic E-state index is 0.0398. The van der Waals surface area contributed by atoms with Gasteiger partial charge in [-0.15, -0.1) is 0 Å². The minimum atomic E-state index is -0.664. The molecule has 0 radical (unpaired) electrons. The maximum atomic E-state index is 13.8. The number of aliphatic hydroxyl groups excluding tert-OH is 1. The number of hydrogen-bond acceptors (Lipinski definition) is 4. The number of likely N-dealkylation sites (tertiary alicyclic amines) is 1. The number of hydrogen-bond donors (Lipinski definition) is 1. The van der Waals surface area contributed by atoms with E-state index < -0.39 is 17.8 Å². The highest BCUT2D eigenvalue weighted by Gasteiger charge is 2.36. The van der Waals surface area contributed by atoms with Crippen LogP contribution in [0.1, 0.15) is 28.4 Å². The predicted molar refractivity (Wildman–Crippen MR) is 81.6 cm³/mol. The average molecular weight is 316 g/mol. The van der Waals surface area contributed by atoms with Crippen molar-refractivity contribution in [2.24, 2.45) is 0 Å². The van der Waals surface area contributed by atoms with Crippen LogP contribution in [-0.4, -0.2) is 40.7 Å². The summed E-state index contributed by atoms with van der Waals surface area (Å²) in [5, 5.41) is 9.99. The largest absolute Gasteiger partial charge is 0.497 e. The number of halogens is 1. The zero-order chi connectivity index (χ0) is 16.4. The van der Waals surface area contributed by atoms with Gasteiger partial charge < -0.3 is 14.7 Å². The lowest BCUT2D eigenvalue weighted by molar-refractivity contribution is 0.0710. The van der Waals surface area contributed by atoms with Crippen LogP contribution in [0.25, 0.3) is 0 Å². The highest BCUT2D eigenvalue weighted by molar-refractivity contribution is 5.94. The predicted octanol–water partition coefficient (Wildman–Crippen LogP) is 2.18. The number of aromatic nitrogens is 1. The van der Waals surface area contributed by atoms with E-state index >= 15 is 0 Å². The summed E-state index contributed by atoms with van der Waals surface area (Å²) in [6.45, 7) is 0.169. The van der Waals surface area contributed by atoms with Crippen molar-refractivity contribution in [1.29, 1.82) is 0 Å². The number of aliphatic hydroxyl groups is 1. The van der Waals surface area contributed by atoms with Gasteiger partial charge in [-0.2, -0.15) is 0 Å². The Morgan fingerprint density at radius 3 is 3.00 bits per heavy atom. The average Bonchev–Trinajstić information content (AvgIpc) is 2.96. The second-order valence-corrected chi connectivity index (χ2v) is 5.49. The fourth-order valence-corrected chi connectivity index (χ4v) is 2.91. The number of ether oxygens (including phenoxy) is 1. The van der Waals surface area contributed by atoms with Gasteiger partial charge in [-0.1, -0.05) is 12.1 Å². The first-order valence-corrected chi connectivity index (χ1v) is 7.32. The molecule has 1 N–H and O–H groups in total. The van der Waals surface area contributed by atoms with Crippen molar-refractivity contribution in [3.63, 3.8) is 0 Å². The zero-order valence-corrected chi connectivity index (χ0v) is 12.6. The Labute approximate surface area is 133 Å². The lowest BCUT2D eigenvalue weighted by Gasteiger charge is -2.25. The second kappa shape index (κ2) is 6.34. The number of benzene rings is 1. The van der Waals surface area contributed by atoms with E-state index in [1.807, 2.05) is 24.3 Å². The third-order valence-corrected chi connectivity index (χ3v) is 4.02. The smallest absolute Gasteiger partial charge is 0.257 e. The third-order valence-electron chi connectivity index (χ3n) is 4.02. The normalized spacial score (nSPS) is 20.6. The first kappa shape index (κ1) is 15.4. The van der Waals surface area contributed by atoms with E-state index in [0.29, 0.717) is 12.2 Å². The molecule has 0 bridgehead atoms. The van der Waals surface area contributed by atoms with Crippen LogP contribution in [0.4, 0.5) is 4.39 Å². The molecule has 23 heavy (non-hydrogen) atoms. The molecule has 1 aromatic carbocycles. The Morgan fingerprint density at radius 2 is 2.26 bits per heavy atom. The van der Waals surface area contributed by atoms with Gasteiger partial charge >= 0.3 is 0 Å². The highest BCUT2D eigenvalue weighted by Crippen LogP contribution is 2.34. The van der Waals surface area contributed by atoms with Gasteiger partial charge in [-0.05, 0) is 30.2 Å². The SMILES string of the molecule is COc1cccc([C@H]2C[C@@H](O)CN2C(=O)c2ccncc2F)c1. The van der Waals surface area contributed by atoms with E-state index in [0.717, 1.165) is 11.8 Å². The fourth-order valence-electron chi connectivity index (χ4n) is 2.91. The Balaban J connectivity index is 1.93. The molecule has 0 spiro atoms. The second-order valence-electron chi connectivity index (χ2n) is 5.49. The van der Waals surface area contributed by atoms with Crippen molar-refractivity contribution in [1.82, 2.24) is 9.88 Å². The molecule has 2 heterocycles. The summed E-state index contributed by atoms with van der Waals surface area (Å²) < 4.78 is 19.1. The number of amides is 1. The Kier molecular flexibility index (Phi) is 4.25. The standard InChI is InChI=1S/C17H17FN2O3/c1-23-13-4-2-3-11(7-13)16-8-12(21)10-20(16)17(22)14-5-6-19-9-15(14)18/h2-7,9,12,16,21H,8,10H2,1H3/t12-,16-/m1/s1. The van der Waals surface area contributed by atoms with Gasteiger partial charge in [0, 0.05) is 12.7 Å². The molecule has 1 aliphatic heterocycles. The first-order valence-electron chi connectivity index (χ1n) is 7.32. The Morgan fingerprint density at radius 1 is 1.43 bits per heavy atom. The van der Waals surface area contributed by atoms with Gasteiger partial charge in [0.05, 0.1) is 31.0 Å². The summed E-state index contributed by atoms with van der Waals surface area (Å²) in [4.78, 5) is 17.8. The highest BCUT2D eigenvalue weighted by atomic mass is 19.1. The molecule has 2 aromatic rings. The third kappa shape index (κ3) is 3.03. The van der Waals surface area contributed by atoms with Gasteiger partial charge in [-0.25, -0.2) is 4.39 Å². The number of β-amino-alcohol motifs (C(OH)–C–C–N with tert-alkyl or cyclic N) is 1. The zero-order valence-electron chi connectivity index (χ0n) is 12.6. The maximum absolute atomic E-state index is 13.8. The van der Waals surface area contributed by atoms with Gasteiger partial charge in [0.1, 0.15) is 5.75 Å². The van der Waals surface area contributed by atoms with E-state index in [-0.39, 0.29) is 18.2 Å². The molecular formula is C17H17FN2O3. The molecule has 6 heteroatoms. The van der Waals surface area contributed by atoms with Crippen molar-refractivity contribution in [2.45, 2.75) is 18.6 Å². The fraction of sp³-hybridized carbons (Fsp3) is 0.294. The molecule has 0 saturated carbocycles. The summed E-state index contributed by atoms with van der Waals surface area (Å²) in [7, 11) is 1.57. The number of carbonyl (C=O) groups excluding carboxylic acids is 1. The van der Waals surface area contributed by atoms with Crippen LogP contribution in [0.5, 0.6) is 5.75 Å². The lowest BCUT2D eigenvalue weighted by Crippen LogP contribution is -2.32. The number of rotatable bonds is 3. The summed E-state index contributed by atoms with van der Waals surface area (Å²) >= 11 is 0. The van der Waals surface area contributed by atoms with Gasteiger partial charge in [0.2, 0.25) is 0 Å². The van der Waals surface area contributed by atoms with Crippen LogP contribution < -0.4 is 4.74 Å². The topological polar surface area (TPSA) is 62.7 Å². The minimum Gasteiger partial charge on any atom is -0.497 e. The quantitative estimate of drug-likeness (QED) is 0.943. The van der Waals surface area contributed by atoms with Crippen LogP contribution in [-0.2, 0) is 0 Å². The summed E-state index contributed by atoms with van der Waals surface area (Å²) in [5.74, 6) is -0.441. The number of methoxy groups -OCH3 is 1. The molecule has 3 rings (SSSR count). The maximum Gasteiger partial charge on any atom is 0.257 e. The van der Waals surface area contributed by atoms with Crippen LogP contribution >= 0.6 is 0 Å². The molecule has 2 atom stereocenters. The number of carbonyl (C=O) groups is 1. The Hall–Kier alpha value is -2.47. The van der Waals surface area contributed by atoms with Crippen LogP contribution in [0.15, 0.2) is 42.7 Å². The van der Waals surface area contributed by atoms with Crippen molar-refractivity contribution < 1.29 is 19.0 Å². The molecule has 1 amide bonds. The van der Waals surface area contributed by atoms with E-state index in [9.17, 15) is 14.3 Å². The molecule has 0 aliphatic carbocycles. The van der Waals surface area contributed by atoms with Crippen LogP contribution in [0.2, 0.25) is 0 Å². The molecule has 5 nitrogen and oxygen atoms in total. The monoisotopic (exact) mass is 316 g/mol. The summed E-state index contributed by atoms with van der Waals surface area (Å²) in [5.41, 5.74) is 0.811. The molecule has 1 aromatic heterocycles. The van der Waals surface area contributed by atoms with Crippen molar-refractivity contribution in [3.8, 4) is 5.75 Å². The van der Waals surface area contributed by atoms with Gasteiger partial charge in [-0.3, -0.25) is 9.78 Å². The summed E-state index contributed by atoms with van der Waals surface area (Å²) in [6, 6.07) is 8.36. The number of nitrogens with zero attached hydrogens (tertiary/aromatic N) is 2. The van der Waals surface area contributed by atoms with Gasteiger partial charge in [0.25, 0.3) is 5.91 Å². The molecular weight excluding hydrogens is 299 g/mol. The van der Waals surface area contributed by atoms with Crippen LogP contribution in [0.3, 0.4) is 0 Å². The molecule has 120 valence electrons.